The average Bonchev–Trinajstić information content (AvgIpc) is 2.30. The van der Waals surface area contributed by atoms with Crippen LogP contribution in [0.2, 0.25) is 0 Å². The molecule has 0 amide bonds. The quantitative estimate of drug-likeness (QED) is 0.924. The van der Waals surface area contributed by atoms with Gasteiger partial charge in [0.15, 0.2) is 0 Å². The number of hydrogen-bond acceptors (Lipinski definition) is 4. The zero-order valence-electron chi connectivity index (χ0n) is 11.2. The highest BCUT2D eigenvalue weighted by Crippen LogP contribution is 2.49. The summed E-state index contributed by atoms with van der Waals surface area (Å²) in [5, 5.41) is 3.22. The molecule has 1 saturated carbocycles. The molecule has 0 unspecified atom stereocenters. The van der Waals surface area contributed by atoms with Crippen molar-refractivity contribution in [1.29, 1.82) is 0 Å². The summed E-state index contributed by atoms with van der Waals surface area (Å²) in [6, 6.07) is 1.10. The van der Waals surface area contributed by atoms with Crippen molar-refractivity contribution in [2.75, 3.05) is 13.1 Å². The van der Waals surface area contributed by atoms with Gasteiger partial charge in [0.2, 0.25) is 0 Å². The lowest BCUT2D eigenvalue weighted by Crippen LogP contribution is -2.60. The summed E-state index contributed by atoms with van der Waals surface area (Å²) < 4.78 is 60.3. The number of sulfone groups is 1. The third-order valence-electron chi connectivity index (χ3n) is 4.35. The third-order valence-corrected chi connectivity index (χ3v) is 5.81. The fourth-order valence-corrected chi connectivity index (χ4v) is 4.04. The molecule has 1 aromatic heterocycles. The predicted octanol–water partition coefficient (Wildman–Crippen LogP) is 1.92. The van der Waals surface area contributed by atoms with E-state index in [-0.39, 0.29) is 0 Å². The lowest BCUT2D eigenvalue weighted by Gasteiger charge is -2.54. The van der Waals surface area contributed by atoms with Crippen LogP contribution in [0.15, 0.2) is 23.4 Å². The fraction of sp³-hybridized carbons (Fsp3) is 0.615. The first kappa shape index (κ1) is 14.8. The van der Waals surface area contributed by atoms with Crippen LogP contribution >= 0.6 is 0 Å². The van der Waals surface area contributed by atoms with Gasteiger partial charge in [0, 0.05) is 25.5 Å². The molecule has 2 heterocycles. The van der Waals surface area contributed by atoms with Crippen molar-refractivity contribution in [1.82, 2.24) is 10.3 Å². The van der Waals surface area contributed by atoms with E-state index in [0.29, 0.717) is 23.3 Å². The van der Waals surface area contributed by atoms with Gasteiger partial charge in [0.1, 0.15) is 0 Å². The van der Waals surface area contributed by atoms with E-state index in [1.165, 1.54) is 6.20 Å². The van der Waals surface area contributed by atoms with Crippen molar-refractivity contribution < 1.29 is 21.6 Å². The van der Waals surface area contributed by atoms with Gasteiger partial charge in [0.25, 0.3) is 9.84 Å². The average molecular weight is 320 g/mol. The monoisotopic (exact) mass is 320 g/mol. The topological polar surface area (TPSA) is 59.1 Å². The minimum Gasteiger partial charge on any atom is -0.316 e. The summed E-state index contributed by atoms with van der Waals surface area (Å²) in [7, 11) is -5.31. The Morgan fingerprint density at radius 2 is 1.95 bits per heavy atom. The lowest BCUT2D eigenvalue weighted by atomic mass is 9.57. The minimum absolute atomic E-state index is 0.383. The van der Waals surface area contributed by atoms with Gasteiger partial charge in [0.05, 0.1) is 4.90 Å². The van der Waals surface area contributed by atoms with Crippen molar-refractivity contribution in [3.8, 4) is 0 Å². The molecule has 0 radical (unpaired) electrons. The van der Waals surface area contributed by atoms with Gasteiger partial charge in [-0.3, -0.25) is 4.98 Å². The van der Waals surface area contributed by atoms with Crippen molar-refractivity contribution >= 4 is 9.84 Å². The third kappa shape index (κ3) is 2.55. The normalized spacial score (nSPS) is 21.9. The van der Waals surface area contributed by atoms with Crippen LogP contribution in [-0.4, -0.2) is 32.0 Å². The van der Waals surface area contributed by atoms with Gasteiger partial charge in [-0.05, 0) is 42.2 Å². The molecule has 1 aliphatic heterocycles. The number of alkyl halides is 3. The Kier molecular flexibility index (Phi) is 3.29. The Bertz CT molecular complexity index is 646. The largest absolute Gasteiger partial charge is 0.501 e. The number of nitrogens with zero attached hydrogens (tertiary/aromatic N) is 1. The Morgan fingerprint density at radius 1 is 1.29 bits per heavy atom. The Morgan fingerprint density at radius 3 is 2.48 bits per heavy atom. The Labute approximate surface area is 120 Å². The molecular weight excluding hydrogens is 305 g/mol. The van der Waals surface area contributed by atoms with Crippen LogP contribution in [0.1, 0.15) is 18.4 Å². The molecule has 0 aromatic carbocycles. The van der Waals surface area contributed by atoms with Gasteiger partial charge in [-0.25, -0.2) is 8.42 Å². The molecule has 1 saturated heterocycles. The number of aromatic nitrogens is 1. The summed E-state index contributed by atoms with van der Waals surface area (Å²) in [5.74, 6) is 0.401. The molecular formula is C13H15F3N2O2S. The van der Waals surface area contributed by atoms with Crippen molar-refractivity contribution in [3.63, 3.8) is 0 Å². The molecule has 1 aromatic rings. The Balaban J connectivity index is 1.72. The number of rotatable bonds is 3. The van der Waals surface area contributed by atoms with E-state index in [2.05, 4.69) is 10.3 Å². The lowest BCUT2D eigenvalue weighted by molar-refractivity contribution is -0.0436. The molecule has 116 valence electrons. The second-order valence-electron chi connectivity index (χ2n) is 6.06. The molecule has 3 rings (SSSR count). The molecule has 1 N–H and O–H groups in total. The first-order chi connectivity index (χ1) is 9.72. The smallest absolute Gasteiger partial charge is 0.316 e. The molecule has 2 fully saturated rings. The molecule has 0 bridgehead atoms. The first-order valence-electron chi connectivity index (χ1n) is 6.68. The van der Waals surface area contributed by atoms with Crippen LogP contribution in [0.4, 0.5) is 13.2 Å². The van der Waals surface area contributed by atoms with E-state index in [1.807, 2.05) is 0 Å². The van der Waals surface area contributed by atoms with Crippen molar-refractivity contribution in [3.05, 3.63) is 24.0 Å². The van der Waals surface area contributed by atoms with Crippen LogP contribution in [0, 0.1) is 11.3 Å². The predicted molar refractivity (Wildman–Crippen MR) is 69.2 cm³/mol. The molecule has 1 aliphatic carbocycles. The van der Waals surface area contributed by atoms with Gasteiger partial charge in [-0.2, -0.15) is 13.2 Å². The zero-order valence-corrected chi connectivity index (χ0v) is 12.0. The minimum atomic E-state index is -5.31. The van der Waals surface area contributed by atoms with E-state index in [1.54, 1.807) is 0 Å². The maximum Gasteiger partial charge on any atom is 0.501 e. The number of pyridine rings is 1. The maximum absolute atomic E-state index is 12.5. The fourth-order valence-electron chi connectivity index (χ4n) is 3.27. The van der Waals surface area contributed by atoms with Crippen LogP contribution in [0.25, 0.3) is 0 Å². The zero-order chi connectivity index (χ0) is 15.3. The summed E-state index contributed by atoms with van der Waals surface area (Å²) in [5.41, 5.74) is -4.36. The Hall–Kier alpha value is -1.15. The number of hydrogen-bond donors (Lipinski definition) is 1. The van der Waals surface area contributed by atoms with Crippen LogP contribution < -0.4 is 5.32 Å². The van der Waals surface area contributed by atoms with Gasteiger partial charge >= 0.3 is 5.51 Å². The van der Waals surface area contributed by atoms with E-state index in [9.17, 15) is 21.6 Å². The van der Waals surface area contributed by atoms with Gasteiger partial charge in [-0.1, -0.05) is 0 Å². The van der Waals surface area contributed by atoms with E-state index < -0.39 is 20.2 Å². The first-order valence-corrected chi connectivity index (χ1v) is 8.16. The van der Waals surface area contributed by atoms with Crippen LogP contribution in [0.3, 0.4) is 0 Å². The highest BCUT2D eigenvalue weighted by molar-refractivity contribution is 7.92. The summed E-state index contributed by atoms with van der Waals surface area (Å²) >= 11 is 0. The second kappa shape index (κ2) is 4.67. The number of nitrogens with one attached hydrogen (secondary N) is 1. The summed E-state index contributed by atoms with van der Waals surface area (Å²) in [4.78, 5) is 2.88. The highest BCUT2D eigenvalue weighted by Gasteiger charge is 2.49. The molecule has 1 spiro atoms. The standard InChI is InChI=1S/C13H15F3N2O2S/c14-13(15,16)21(19,20)11-2-9(5-17-6-11)1-10-3-12(4-10)7-18-8-12/h2,5-6,10,18H,1,3-4,7-8H2. The summed E-state index contributed by atoms with van der Waals surface area (Å²) in [6.45, 7) is 2.01. The van der Waals surface area contributed by atoms with E-state index in [0.717, 1.165) is 38.2 Å². The van der Waals surface area contributed by atoms with Crippen LogP contribution in [-0.2, 0) is 16.3 Å². The SMILES string of the molecule is O=S(=O)(c1cncc(CC2CC3(CNC3)C2)c1)C(F)(F)F. The van der Waals surface area contributed by atoms with Gasteiger partial charge < -0.3 is 5.32 Å². The van der Waals surface area contributed by atoms with Crippen molar-refractivity contribution in [2.45, 2.75) is 29.7 Å². The molecule has 2 aliphatic rings. The molecule has 0 atom stereocenters. The van der Waals surface area contributed by atoms with Crippen LogP contribution in [0.5, 0.6) is 0 Å². The van der Waals surface area contributed by atoms with Gasteiger partial charge in [-0.15, -0.1) is 0 Å². The molecule has 4 nitrogen and oxygen atoms in total. The highest BCUT2D eigenvalue weighted by atomic mass is 32.2. The second-order valence-corrected chi connectivity index (χ2v) is 8.00. The molecule has 8 heteroatoms. The van der Waals surface area contributed by atoms with Crippen molar-refractivity contribution in [2.24, 2.45) is 11.3 Å². The van der Waals surface area contributed by atoms with E-state index in [4.69, 9.17) is 0 Å². The number of halogens is 3. The molecule has 21 heavy (non-hydrogen) atoms. The maximum atomic E-state index is 12.5. The summed E-state index contributed by atoms with van der Waals surface area (Å²) in [6.07, 6.45) is 4.85. The van der Waals surface area contributed by atoms with E-state index >= 15 is 0 Å².